The number of aryl methyl sites for hydroxylation is 1. The highest BCUT2D eigenvalue weighted by Gasteiger charge is 2.25. The molecule has 1 N–H and O–H groups in total. The molecule has 0 unspecified atom stereocenters. The van der Waals surface area contributed by atoms with E-state index < -0.39 is 0 Å². The average Bonchev–Trinajstić information content (AvgIpc) is 2.97. The van der Waals surface area contributed by atoms with Crippen molar-refractivity contribution in [2.45, 2.75) is 44.6 Å². The first-order valence-corrected chi connectivity index (χ1v) is 7.25. The van der Waals surface area contributed by atoms with Gasteiger partial charge in [-0.15, -0.1) is 0 Å². The predicted octanol–water partition coefficient (Wildman–Crippen LogP) is 2.38. The third kappa shape index (κ3) is 4.06. The summed E-state index contributed by atoms with van der Waals surface area (Å²) in [5.41, 5.74) is 1.20. The highest BCUT2D eigenvalue weighted by molar-refractivity contribution is 5.76. The molecule has 0 saturated heterocycles. The summed E-state index contributed by atoms with van der Waals surface area (Å²) in [6.07, 6.45) is 5.93. The standard InChI is InChI=1S/C16H23NO2/c18-13-12-17(15-8-4-5-9-15)16(19)11-10-14-6-2-1-3-7-14/h1-3,6-7,15,18H,4-5,8-13H2. The van der Waals surface area contributed by atoms with Gasteiger partial charge < -0.3 is 10.0 Å². The lowest BCUT2D eigenvalue weighted by Gasteiger charge is -2.28. The van der Waals surface area contributed by atoms with Gasteiger partial charge in [-0.3, -0.25) is 4.79 Å². The van der Waals surface area contributed by atoms with E-state index in [0.717, 1.165) is 19.3 Å². The van der Waals surface area contributed by atoms with E-state index in [9.17, 15) is 4.79 Å². The average molecular weight is 261 g/mol. The molecule has 0 bridgehead atoms. The first-order chi connectivity index (χ1) is 9.31. The molecule has 0 spiro atoms. The van der Waals surface area contributed by atoms with E-state index in [1.54, 1.807) is 0 Å². The van der Waals surface area contributed by atoms with Gasteiger partial charge in [0.1, 0.15) is 0 Å². The highest BCUT2D eigenvalue weighted by atomic mass is 16.3. The predicted molar refractivity (Wildman–Crippen MR) is 75.8 cm³/mol. The molecule has 3 heteroatoms. The van der Waals surface area contributed by atoms with Crippen molar-refractivity contribution in [1.82, 2.24) is 4.90 Å². The molecule has 0 heterocycles. The van der Waals surface area contributed by atoms with Crippen molar-refractivity contribution in [2.24, 2.45) is 0 Å². The SMILES string of the molecule is O=C(CCc1ccccc1)N(CCO)C1CCCC1. The Morgan fingerprint density at radius 1 is 1.21 bits per heavy atom. The van der Waals surface area contributed by atoms with Gasteiger partial charge in [0.15, 0.2) is 0 Å². The van der Waals surface area contributed by atoms with Gasteiger partial charge in [-0.25, -0.2) is 0 Å². The maximum Gasteiger partial charge on any atom is 0.223 e. The van der Waals surface area contributed by atoms with Crippen molar-refractivity contribution >= 4 is 5.91 Å². The molecular weight excluding hydrogens is 238 g/mol. The number of rotatable bonds is 6. The van der Waals surface area contributed by atoms with Crippen molar-refractivity contribution in [3.8, 4) is 0 Å². The van der Waals surface area contributed by atoms with Crippen LogP contribution in [0.15, 0.2) is 30.3 Å². The molecule has 1 aliphatic carbocycles. The number of carbonyl (C=O) groups is 1. The van der Waals surface area contributed by atoms with Crippen LogP contribution in [-0.4, -0.2) is 35.1 Å². The van der Waals surface area contributed by atoms with Crippen LogP contribution in [0.25, 0.3) is 0 Å². The summed E-state index contributed by atoms with van der Waals surface area (Å²) in [6, 6.07) is 10.5. The van der Waals surface area contributed by atoms with Crippen LogP contribution in [0.5, 0.6) is 0 Å². The Balaban J connectivity index is 1.88. The number of hydrogen-bond acceptors (Lipinski definition) is 2. The Hall–Kier alpha value is -1.35. The third-order valence-corrected chi connectivity index (χ3v) is 3.90. The van der Waals surface area contributed by atoms with Gasteiger partial charge >= 0.3 is 0 Å². The molecule has 19 heavy (non-hydrogen) atoms. The van der Waals surface area contributed by atoms with Crippen LogP contribution < -0.4 is 0 Å². The summed E-state index contributed by atoms with van der Waals surface area (Å²) < 4.78 is 0. The maximum atomic E-state index is 12.3. The zero-order valence-electron chi connectivity index (χ0n) is 11.4. The molecule has 1 saturated carbocycles. The number of benzene rings is 1. The topological polar surface area (TPSA) is 40.5 Å². The number of nitrogens with zero attached hydrogens (tertiary/aromatic N) is 1. The molecule has 1 aromatic carbocycles. The van der Waals surface area contributed by atoms with Gasteiger partial charge in [-0.2, -0.15) is 0 Å². The Bertz CT molecular complexity index is 385. The number of amides is 1. The van der Waals surface area contributed by atoms with Gasteiger partial charge in [0.2, 0.25) is 5.91 Å². The Labute approximate surface area is 115 Å². The van der Waals surface area contributed by atoms with Gasteiger partial charge in [-0.1, -0.05) is 43.2 Å². The lowest BCUT2D eigenvalue weighted by atomic mass is 10.1. The molecule has 1 aliphatic rings. The van der Waals surface area contributed by atoms with Crippen LogP contribution in [-0.2, 0) is 11.2 Å². The molecule has 1 fully saturated rings. The van der Waals surface area contributed by atoms with E-state index in [2.05, 4.69) is 12.1 Å². The van der Waals surface area contributed by atoms with Crippen molar-refractivity contribution in [2.75, 3.05) is 13.2 Å². The smallest absolute Gasteiger partial charge is 0.223 e. The molecule has 0 radical (unpaired) electrons. The molecule has 0 atom stereocenters. The van der Waals surface area contributed by atoms with Crippen molar-refractivity contribution in [3.05, 3.63) is 35.9 Å². The number of aliphatic hydroxyl groups excluding tert-OH is 1. The highest BCUT2D eigenvalue weighted by Crippen LogP contribution is 2.24. The molecular formula is C16H23NO2. The zero-order valence-corrected chi connectivity index (χ0v) is 11.4. The first kappa shape index (κ1) is 14.1. The number of carbonyl (C=O) groups excluding carboxylic acids is 1. The first-order valence-electron chi connectivity index (χ1n) is 7.25. The van der Waals surface area contributed by atoms with Gasteiger partial charge in [0.25, 0.3) is 0 Å². The second-order valence-electron chi connectivity index (χ2n) is 5.23. The lowest BCUT2D eigenvalue weighted by molar-refractivity contribution is -0.134. The minimum absolute atomic E-state index is 0.0631. The van der Waals surface area contributed by atoms with Gasteiger partial charge in [0.05, 0.1) is 6.61 Å². The molecule has 0 aliphatic heterocycles. The van der Waals surface area contributed by atoms with E-state index in [-0.39, 0.29) is 12.5 Å². The summed E-state index contributed by atoms with van der Waals surface area (Å²) in [6.45, 7) is 0.547. The van der Waals surface area contributed by atoms with Crippen LogP contribution in [0.3, 0.4) is 0 Å². The van der Waals surface area contributed by atoms with Crippen LogP contribution in [0.2, 0.25) is 0 Å². The minimum atomic E-state index is 0.0631. The van der Waals surface area contributed by atoms with Crippen LogP contribution >= 0.6 is 0 Å². The number of hydrogen-bond donors (Lipinski definition) is 1. The van der Waals surface area contributed by atoms with E-state index in [1.165, 1.54) is 18.4 Å². The van der Waals surface area contributed by atoms with E-state index in [0.29, 0.717) is 19.0 Å². The molecule has 0 aromatic heterocycles. The molecule has 104 valence electrons. The third-order valence-electron chi connectivity index (χ3n) is 3.90. The second kappa shape index (κ2) is 7.29. The fraction of sp³-hybridized carbons (Fsp3) is 0.562. The molecule has 3 nitrogen and oxygen atoms in total. The Morgan fingerprint density at radius 3 is 2.53 bits per heavy atom. The van der Waals surface area contributed by atoms with Crippen molar-refractivity contribution < 1.29 is 9.90 Å². The van der Waals surface area contributed by atoms with Crippen LogP contribution in [0.4, 0.5) is 0 Å². The summed E-state index contributed by atoms with van der Waals surface area (Å²) in [5, 5.41) is 9.14. The summed E-state index contributed by atoms with van der Waals surface area (Å²) in [4.78, 5) is 14.2. The quantitative estimate of drug-likeness (QED) is 0.854. The van der Waals surface area contributed by atoms with E-state index in [1.807, 2.05) is 23.1 Å². The van der Waals surface area contributed by atoms with Gasteiger partial charge in [-0.05, 0) is 24.8 Å². The summed E-state index contributed by atoms with van der Waals surface area (Å²) >= 11 is 0. The fourth-order valence-corrected chi connectivity index (χ4v) is 2.87. The van der Waals surface area contributed by atoms with Crippen LogP contribution in [0, 0.1) is 0 Å². The van der Waals surface area contributed by atoms with Gasteiger partial charge in [0, 0.05) is 19.0 Å². The lowest BCUT2D eigenvalue weighted by Crippen LogP contribution is -2.40. The summed E-state index contributed by atoms with van der Waals surface area (Å²) in [5.74, 6) is 0.185. The molecule has 2 rings (SSSR count). The van der Waals surface area contributed by atoms with Crippen molar-refractivity contribution in [3.63, 3.8) is 0 Å². The monoisotopic (exact) mass is 261 g/mol. The number of aliphatic hydroxyl groups is 1. The second-order valence-corrected chi connectivity index (χ2v) is 5.23. The van der Waals surface area contributed by atoms with Crippen molar-refractivity contribution in [1.29, 1.82) is 0 Å². The minimum Gasteiger partial charge on any atom is -0.395 e. The largest absolute Gasteiger partial charge is 0.395 e. The Kier molecular flexibility index (Phi) is 5.40. The normalized spacial score (nSPS) is 15.6. The fourth-order valence-electron chi connectivity index (χ4n) is 2.87. The zero-order chi connectivity index (χ0) is 13.5. The summed E-state index contributed by atoms with van der Waals surface area (Å²) in [7, 11) is 0. The Morgan fingerprint density at radius 2 is 1.89 bits per heavy atom. The molecule has 1 aromatic rings. The molecule has 1 amide bonds. The maximum absolute atomic E-state index is 12.3. The van der Waals surface area contributed by atoms with Crippen LogP contribution in [0.1, 0.15) is 37.7 Å². The van der Waals surface area contributed by atoms with E-state index >= 15 is 0 Å². The van der Waals surface area contributed by atoms with E-state index in [4.69, 9.17) is 5.11 Å².